The summed E-state index contributed by atoms with van der Waals surface area (Å²) in [6.07, 6.45) is 5.26. The molecule has 1 aromatic carbocycles. The van der Waals surface area contributed by atoms with Crippen molar-refractivity contribution < 1.29 is 19.0 Å². The van der Waals surface area contributed by atoms with Crippen LogP contribution in [0.1, 0.15) is 30.0 Å². The molecular weight excluding hydrogens is 539 g/mol. The van der Waals surface area contributed by atoms with Crippen molar-refractivity contribution in [3.63, 3.8) is 0 Å². The number of aliphatic hydroxyl groups is 1. The molecule has 13 heteroatoms. The van der Waals surface area contributed by atoms with E-state index in [0.717, 1.165) is 10.8 Å². The number of hydrazone groups is 1. The summed E-state index contributed by atoms with van der Waals surface area (Å²) in [6, 6.07) is 3.29. The summed E-state index contributed by atoms with van der Waals surface area (Å²) in [5.74, 6) is -0.226. The second-order valence-corrected chi connectivity index (χ2v) is 9.97. The lowest BCUT2D eigenvalue weighted by atomic mass is 10.1. The number of aryl methyl sites for hydroxylation is 3. The van der Waals surface area contributed by atoms with Crippen LogP contribution < -0.4 is 21.4 Å². The van der Waals surface area contributed by atoms with Gasteiger partial charge in [-0.2, -0.15) is 5.10 Å². The Labute approximate surface area is 234 Å². The largest absolute Gasteiger partial charge is 0.496 e. The molecule has 1 aliphatic heterocycles. The molecule has 1 atom stereocenters. The average molecular weight is 573 g/mol. The van der Waals surface area contributed by atoms with Crippen LogP contribution in [-0.2, 0) is 17.8 Å². The zero-order valence-corrected chi connectivity index (χ0v) is 23.5. The van der Waals surface area contributed by atoms with Gasteiger partial charge in [-0.1, -0.05) is 17.4 Å². The minimum absolute atomic E-state index is 0.134. The van der Waals surface area contributed by atoms with Gasteiger partial charge in [-0.25, -0.2) is 13.8 Å². The highest BCUT2D eigenvalue weighted by molar-refractivity contribution is 7.22. The summed E-state index contributed by atoms with van der Waals surface area (Å²) >= 11 is 1.18. The average Bonchev–Trinajstić information content (AvgIpc) is 3.43. The number of ether oxygens (including phenoxy) is 1. The van der Waals surface area contributed by atoms with Crippen molar-refractivity contribution in [2.24, 2.45) is 5.10 Å². The van der Waals surface area contributed by atoms with E-state index in [4.69, 9.17) is 15.3 Å². The molecule has 0 unspecified atom stereocenters. The summed E-state index contributed by atoms with van der Waals surface area (Å²) in [5.41, 5.74) is 2.84. The second-order valence-electron chi connectivity index (χ2n) is 8.97. The number of rotatable bonds is 10. The number of hydrogen-bond donors (Lipinski definition) is 3. The van der Waals surface area contributed by atoms with E-state index in [0.29, 0.717) is 51.5 Å². The molecule has 11 nitrogen and oxygen atoms in total. The number of fused-ring (bicyclic) bond motifs is 1. The van der Waals surface area contributed by atoms with Gasteiger partial charge in [-0.05, 0) is 49.9 Å². The highest BCUT2D eigenvalue weighted by atomic mass is 32.1. The van der Waals surface area contributed by atoms with Gasteiger partial charge in [-0.15, -0.1) is 6.58 Å². The number of amides is 1. The van der Waals surface area contributed by atoms with Gasteiger partial charge < -0.3 is 20.2 Å². The first-order valence-corrected chi connectivity index (χ1v) is 13.4. The molecular formula is C27H33FN6O5S. The summed E-state index contributed by atoms with van der Waals surface area (Å²) < 4.78 is 21.7. The Hall–Kier alpha value is -4.10. The molecule has 3 N–H and O–H groups in total. The third-order valence-corrected chi connectivity index (χ3v) is 7.67. The molecule has 0 radical (unpaired) electrons. The number of nitrogens with zero attached hydrogens (tertiary/aromatic N) is 4. The van der Waals surface area contributed by atoms with Gasteiger partial charge in [-0.3, -0.25) is 19.6 Å². The highest BCUT2D eigenvalue weighted by Gasteiger charge is 2.34. The molecule has 0 bridgehead atoms. The highest BCUT2D eigenvalue weighted by Crippen LogP contribution is 2.33. The van der Waals surface area contributed by atoms with Gasteiger partial charge in [0.05, 0.1) is 18.7 Å². The zero-order valence-electron chi connectivity index (χ0n) is 22.6. The van der Waals surface area contributed by atoms with Crippen molar-refractivity contribution in [2.75, 3.05) is 32.7 Å². The standard InChI is InChI=1S/C23H25FN6O4S.C4H8O/c1-13-18-21(32)30(16-7-10-28(2)20(16)31)23(33)29(22(18)35-19(13)27-26-9-8-25)11-6-14-12-15(24)4-5-17(14)34-3;1-2-3-4-5/h4-5,8-9,12,16,25,27H,6-7,10-11H2,1-3H3;2,5H,1,3-4H2/b25-8?,26-9-;/t16-;/m0./s1. The molecule has 1 fully saturated rings. The number of nitrogens with one attached hydrogen (secondary N) is 2. The predicted molar refractivity (Wildman–Crippen MR) is 156 cm³/mol. The predicted octanol–water partition coefficient (Wildman–Crippen LogP) is 2.93. The van der Waals surface area contributed by atoms with E-state index in [9.17, 15) is 18.8 Å². The van der Waals surface area contributed by atoms with Gasteiger partial charge in [0.1, 0.15) is 27.4 Å². The van der Waals surface area contributed by atoms with Crippen LogP contribution in [0.3, 0.4) is 0 Å². The van der Waals surface area contributed by atoms with Crippen molar-refractivity contribution in [1.82, 2.24) is 14.0 Å². The van der Waals surface area contributed by atoms with Crippen LogP contribution in [0, 0.1) is 18.2 Å². The van der Waals surface area contributed by atoms with Crippen LogP contribution in [-0.4, -0.2) is 64.8 Å². The molecule has 1 aliphatic rings. The Balaban J connectivity index is 0.000000810. The normalized spacial score (nSPS) is 14.9. The maximum Gasteiger partial charge on any atom is 0.332 e. The molecule has 1 saturated heterocycles. The third kappa shape index (κ3) is 6.37. The number of carbonyl (C=O) groups is 1. The van der Waals surface area contributed by atoms with Crippen molar-refractivity contribution >= 4 is 44.9 Å². The number of halogens is 1. The number of aliphatic hydroxyl groups excluding tert-OH is 1. The fraction of sp³-hybridized carbons (Fsp3) is 0.370. The topological polar surface area (TPSA) is 142 Å². The van der Waals surface area contributed by atoms with Crippen molar-refractivity contribution in [3.8, 4) is 5.75 Å². The van der Waals surface area contributed by atoms with Crippen molar-refractivity contribution in [3.05, 3.63) is 68.6 Å². The molecule has 1 amide bonds. The number of likely N-dealkylation sites (N-methyl/N-ethyl adjacent to an activating group) is 1. The maximum atomic E-state index is 13.9. The number of benzene rings is 1. The van der Waals surface area contributed by atoms with Gasteiger partial charge in [0, 0.05) is 38.5 Å². The Morgan fingerprint density at radius 1 is 1.35 bits per heavy atom. The fourth-order valence-electron chi connectivity index (χ4n) is 4.39. The molecule has 3 aromatic rings. The SMILES string of the molecule is C=CCCO.COc1ccc(F)cc1CCn1c(=O)n([C@H]2CCN(C)C2=O)c(=O)c2c(C)c(N/N=C\C=N)sc21. The Morgan fingerprint density at radius 3 is 2.67 bits per heavy atom. The molecule has 2 aromatic heterocycles. The lowest BCUT2D eigenvalue weighted by Crippen LogP contribution is -2.44. The van der Waals surface area contributed by atoms with E-state index in [1.165, 1.54) is 52.3 Å². The molecule has 214 valence electrons. The first kappa shape index (κ1) is 30.4. The molecule has 0 aliphatic carbocycles. The van der Waals surface area contributed by atoms with Crippen molar-refractivity contribution in [1.29, 1.82) is 5.41 Å². The number of thiophene rings is 1. The fourth-order valence-corrected chi connectivity index (χ4v) is 5.55. The third-order valence-electron chi connectivity index (χ3n) is 6.45. The smallest absolute Gasteiger partial charge is 0.332 e. The molecule has 0 saturated carbocycles. The van der Waals surface area contributed by atoms with E-state index in [2.05, 4.69) is 17.1 Å². The first-order valence-electron chi connectivity index (χ1n) is 12.6. The Kier molecular flexibility index (Phi) is 10.5. The van der Waals surface area contributed by atoms with E-state index < -0.39 is 23.1 Å². The van der Waals surface area contributed by atoms with Crippen LogP contribution in [0.15, 0.2) is 45.5 Å². The monoisotopic (exact) mass is 572 g/mol. The number of likely N-dealkylation sites (tertiary alicyclic amines) is 1. The maximum absolute atomic E-state index is 13.9. The van der Waals surface area contributed by atoms with E-state index in [-0.39, 0.29) is 25.5 Å². The van der Waals surface area contributed by atoms with E-state index >= 15 is 0 Å². The van der Waals surface area contributed by atoms with E-state index in [1.54, 1.807) is 20.0 Å². The van der Waals surface area contributed by atoms with Crippen LogP contribution >= 0.6 is 11.3 Å². The van der Waals surface area contributed by atoms with Gasteiger partial charge >= 0.3 is 5.69 Å². The first-order chi connectivity index (χ1) is 19.2. The lowest BCUT2D eigenvalue weighted by molar-refractivity contribution is -0.129. The Bertz CT molecular complexity index is 1540. The molecule has 3 heterocycles. The number of carbonyl (C=O) groups excluding carboxylic acids is 1. The molecule has 40 heavy (non-hydrogen) atoms. The lowest BCUT2D eigenvalue weighted by Gasteiger charge is -2.17. The summed E-state index contributed by atoms with van der Waals surface area (Å²) in [5, 5.41) is 19.9. The van der Waals surface area contributed by atoms with Crippen LogP contribution in [0.5, 0.6) is 5.75 Å². The number of hydrogen-bond acceptors (Lipinski definition) is 9. The van der Waals surface area contributed by atoms with Gasteiger partial charge in [0.2, 0.25) is 5.91 Å². The van der Waals surface area contributed by atoms with Crippen LogP contribution in [0.25, 0.3) is 10.2 Å². The second kappa shape index (κ2) is 13.8. The van der Waals surface area contributed by atoms with Gasteiger partial charge in [0.25, 0.3) is 5.56 Å². The minimum Gasteiger partial charge on any atom is -0.496 e. The zero-order chi connectivity index (χ0) is 29.4. The van der Waals surface area contributed by atoms with Crippen LogP contribution in [0.4, 0.5) is 9.39 Å². The number of methoxy groups -OCH3 is 1. The summed E-state index contributed by atoms with van der Waals surface area (Å²) in [7, 11) is 3.12. The van der Waals surface area contributed by atoms with E-state index in [1.807, 2.05) is 0 Å². The summed E-state index contributed by atoms with van der Waals surface area (Å²) in [6.45, 7) is 5.93. The Morgan fingerprint density at radius 2 is 2.10 bits per heavy atom. The van der Waals surface area contributed by atoms with Crippen LogP contribution in [0.2, 0.25) is 0 Å². The summed E-state index contributed by atoms with van der Waals surface area (Å²) in [4.78, 5) is 41.8. The van der Waals surface area contributed by atoms with Gasteiger partial charge in [0.15, 0.2) is 0 Å². The number of aromatic nitrogens is 2. The molecule has 0 spiro atoms. The minimum atomic E-state index is -0.883. The van der Waals surface area contributed by atoms with Crippen molar-refractivity contribution in [2.45, 2.75) is 38.8 Å². The molecule has 4 rings (SSSR count). The number of anilines is 1. The quantitative estimate of drug-likeness (QED) is 0.194.